The molecule has 2 unspecified atom stereocenters. The number of nitrogens with zero attached hydrogens (tertiary/aromatic N) is 2. The minimum absolute atomic E-state index is 0.123. The molecule has 2 aromatic rings. The predicted molar refractivity (Wildman–Crippen MR) is 140 cm³/mol. The highest BCUT2D eigenvalue weighted by Crippen LogP contribution is 2.32. The molecule has 0 amide bonds. The Balaban J connectivity index is 0.000000410. The molecule has 0 radical (unpaired) electrons. The number of piperidine rings is 1. The fraction of sp³-hybridized carbons (Fsp3) is 0.520. The van der Waals surface area contributed by atoms with Crippen molar-refractivity contribution < 1.29 is 39.9 Å². The molecule has 1 fully saturated rings. The number of aliphatic hydroxyl groups excluding tert-OH is 2. The van der Waals surface area contributed by atoms with E-state index in [0.717, 1.165) is 42.2 Å². The van der Waals surface area contributed by atoms with E-state index in [1.807, 2.05) is 26.0 Å². The Morgan fingerprint density at radius 3 is 2.24 bits per heavy atom. The number of aliphatic carboxylic acids is 2. The topological polar surface area (TPSA) is 195 Å². The molecule has 1 aromatic carbocycles. The average Bonchev–Trinajstić information content (AvgIpc) is 2.84. The lowest BCUT2D eigenvalue weighted by Crippen LogP contribution is -2.42. The summed E-state index contributed by atoms with van der Waals surface area (Å²) in [6.45, 7) is 6.37. The summed E-state index contributed by atoms with van der Waals surface area (Å²) >= 11 is 3.46. The number of nitrogens with two attached hydrogens (primary N) is 1. The summed E-state index contributed by atoms with van der Waals surface area (Å²) < 4.78 is 0.742. The molecule has 1 aliphatic heterocycles. The molecular formula is C25H34BrN3O8. The summed E-state index contributed by atoms with van der Waals surface area (Å²) in [6.07, 6.45) is 0.742. The van der Waals surface area contributed by atoms with Crippen molar-refractivity contribution in [3.63, 3.8) is 0 Å². The van der Waals surface area contributed by atoms with Crippen LogP contribution >= 0.6 is 15.9 Å². The Labute approximate surface area is 223 Å². The molecule has 0 spiro atoms. The van der Waals surface area contributed by atoms with Gasteiger partial charge in [0.1, 0.15) is 0 Å². The number of fused-ring (bicyclic) bond motifs is 1. The highest BCUT2D eigenvalue weighted by molar-refractivity contribution is 9.10. The number of nitrogen functional groups attached to an aromatic ring is 1. The van der Waals surface area contributed by atoms with Crippen molar-refractivity contribution in [2.24, 2.45) is 5.92 Å². The van der Waals surface area contributed by atoms with Gasteiger partial charge in [-0.1, -0.05) is 0 Å². The van der Waals surface area contributed by atoms with Crippen LogP contribution < -0.4 is 5.73 Å². The molecule has 0 saturated carbocycles. The number of ketones is 1. The first kappa shape index (κ1) is 30.6. The summed E-state index contributed by atoms with van der Waals surface area (Å²) in [5.41, 5.74) is 7.41. The van der Waals surface area contributed by atoms with Gasteiger partial charge in [-0.2, -0.15) is 0 Å². The lowest BCUT2D eigenvalue weighted by Gasteiger charge is -2.35. The summed E-state index contributed by atoms with van der Waals surface area (Å²) in [5.74, 6) is -2.86. The van der Waals surface area contributed by atoms with E-state index in [2.05, 4.69) is 25.8 Å². The fourth-order valence-electron chi connectivity index (χ4n) is 4.17. The number of likely N-dealkylation sites (tertiary alicyclic amines) is 1. The number of benzene rings is 1. The number of halogens is 1. The van der Waals surface area contributed by atoms with Crippen LogP contribution in [-0.4, -0.2) is 90.6 Å². The van der Waals surface area contributed by atoms with Crippen LogP contribution in [0.1, 0.15) is 49.9 Å². The van der Waals surface area contributed by atoms with Crippen molar-refractivity contribution in [3.8, 4) is 0 Å². The number of hydrogen-bond donors (Lipinski definition) is 6. The van der Waals surface area contributed by atoms with Crippen LogP contribution in [-0.2, 0) is 9.59 Å². The molecule has 1 saturated heterocycles. The molecule has 0 aliphatic carbocycles. The number of anilines is 1. The van der Waals surface area contributed by atoms with Crippen molar-refractivity contribution in [2.75, 3.05) is 25.4 Å². The van der Waals surface area contributed by atoms with Gasteiger partial charge in [0.05, 0.1) is 16.8 Å². The third-order valence-corrected chi connectivity index (χ3v) is 6.74. The Kier molecular flexibility index (Phi) is 10.9. The normalized spacial score (nSPS) is 16.5. The van der Waals surface area contributed by atoms with E-state index in [1.54, 1.807) is 12.3 Å². The van der Waals surface area contributed by atoms with Gasteiger partial charge in [0.15, 0.2) is 18.0 Å². The molecule has 3 rings (SSSR count). The van der Waals surface area contributed by atoms with Gasteiger partial charge in [0.25, 0.3) is 0 Å². The number of aliphatic hydroxyl groups is 3. The van der Waals surface area contributed by atoms with Crippen LogP contribution in [0.25, 0.3) is 10.9 Å². The van der Waals surface area contributed by atoms with Crippen LogP contribution in [0.4, 0.5) is 5.69 Å². The van der Waals surface area contributed by atoms with E-state index in [1.165, 1.54) is 0 Å². The quantitative estimate of drug-likeness (QED) is 0.186. The van der Waals surface area contributed by atoms with Crippen molar-refractivity contribution in [1.29, 1.82) is 0 Å². The fourth-order valence-corrected chi connectivity index (χ4v) is 4.61. The van der Waals surface area contributed by atoms with E-state index in [0.29, 0.717) is 35.7 Å². The number of carbonyl (C=O) groups excluding carboxylic acids is 1. The van der Waals surface area contributed by atoms with E-state index in [9.17, 15) is 19.5 Å². The lowest BCUT2D eigenvalue weighted by molar-refractivity contribution is -0.165. The van der Waals surface area contributed by atoms with Crippen LogP contribution in [0.3, 0.4) is 0 Å². The number of rotatable bonds is 9. The third-order valence-electron chi connectivity index (χ3n) is 6.08. The molecule has 37 heavy (non-hydrogen) atoms. The second kappa shape index (κ2) is 13.2. The van der Waals surface area contributed by atoms with Gasteiger partial charge in [0, 0.05) is 34.6 Å². The maximum Gasteiger partial charge on any atom is 0.335 e. The number of pyridine rings is 1. The van der Waals surface area contributed by atoms with Gasteiger partial charge in [-0.25, -0.2) is 9.59 Å². The van der Waals surface area contributed by atoms with Gasteiger partial charge >= 0.3 is 11.9 Å². The van der Waals surface area contributed by atoms with Gasteiger partial charge < -0.3 is 36.2 Å². The number of carbonyl (C=O) groups is 3. The van der Waals surface area contributed by atoms with Gasteiger partial charge in [-0.05, 0) is 86.2 Å². The summed E-state index contributed by atoms with van der Waals surface area (Å²) in [7, 11) is 0. The molecule has 204 valence electrons. The summed E-state index contributed by atoms with van der Waals surface area (Å²) in [6, 6.07) is 5.54. The van der Waals surface area contributed by atoms with Crippen LogP contribution in [0.15, 0.2) is 28.9 Å². The molecule has 2 heterocycles. The summed E-state index contributed by atoms with van der Waals surface area (Å²) in [5, 5.41) is 43.3. The largest absolute Gasteiger partial charge is 0.479 e. The maximum atomic E-state index is 12.9. The number of carboxylic acids is 2. The summed E-state index contributed by atoms with van der Waals surface area (Å²) in [4.78, 5) is 39.1. The van der Waals surface area contributed by atoms with E-state index in [4.69, 9.17) is 26.2 Å². The number of aromatic nitrogens is 1. The van der Waals surface area contributed by atoms with E-state index in [-0.39, 0.29) is 5.78 Å². The van der Waals surface area contributed by atoms with Crippen molar-refractivity contribution in [3.05, 3.63) is 34.4 Å². The first-order valence-corrected chi connectivity index (χ1v) is 12.6. The standard InChI is InChI=1S/C21H28BrN3O2.C4H6O6/c1-21(2,27)13-25-10-7-14(8-11-25)5-6-18(26)16-12-17(22)19(23)15-4-3-9-24-20(15)16;5-1(3(7)8)2(6)4(9)10/h3-4,9,12,14,27H,5-8,10-11,13,23H2,1-2H3;1-2,5-6H,(H,7,8)(H,9,10). The van der Waals surface area contributed by atoms with Gasteiger partial charge in [0.2, 0.25) is 0 Å². The highest BCUT2D eigenvalue weighted by atomic mass is 79.9. The zero-order valence-electron chi connectivity index (χ0n) is 20.8. The van der Waals surface area contributed by atoms with E-state index >= 15 is 0 Å². The molecular weight excluding hydrogens is 550 g/mol. The molecule has 7 N–H and O–H groups in total. The number of carboxylic acid groups (broad SMARTS) is 2. The third kappa shape index (κ3) is 9.00. The van der Waals surface area contributed by atoms with Crippen molar-refractivity contribution >= 4 is 50.2 Å². The molecule has 1 aromatic heterocycles. The first-order valence-electron chi connectivity index (χ1n) is 11.8. The monoisotopic (exact) mass is 583 g/mol. The zero-order chi connectivity index (χ0) is 27.9. The van der Waals surface area contributed by atoms with Crippen LogP contribution in [0, 0.1) is 5.92 Å². The molecule has 1 aliphatic rings. The van der Waals surface area contributed by atoms with Crippen LogP contribution in [0.5, 0.6) is 0 Å². The lowest BCUT2D eigenvalue weighted by atomic mass is 9.89. The number of Topliss-reactive ketones (excluding diaryl/α,β-unsaturated/α-hetero) is 1. The smallest absolute Gasteiger partial charge is 0.335 e. The van der Waals surface area contributed by atoms with Gasteiger partial charge in [-0.3, -0.25) is 9.78 Å². The zero-order valence-corrected chi connectivity index (χ0v) is 22.4. The molecule has 2 atom stereocenters. The van der Waals surface area contributed by atoms with Crippen molar-refractivity contribution in [1.82, 2.24) is 9.88 Å². The maximum absolute atomic E-state index is 12.9. The SMILES string of the molecule is CC(C)(O)CN1CCC(CCC(=O)c2cc(Br)c(N)c3cccnc23)CC1.O=C(O)C(O)C(O)C(=O)O. The van der Waals surface area contributed by atoms with Gasteiger partial charge in [-0.15, -0.1) is 0 Å². The average molecular weight is 584 g/mol. The highest BCUT2D eigenvalue weighted by Gasteiger charge is 2.29. The molecule has 0 bridgehead atoms. The molecule has 12 heteroatoms. The van der Waals surface area contributed by atoms with Crippen molar-refractivity contribution in [2.45, 2.75) is 57.3 Å². The number of hydrogen-bond acceptors (Lipinski definition) is 9. The Hall–Kier alpha value is -2.64. The minimum atomic E-state index is -2.27. The van der Waals surface area contributed by atoms with E-state index < -0.39 is 29.7 Å². The Bertz CT molecular complexity index is 1100. The Morgan fingerprint density at radius 1 is 1.16 bits per heavy atom. The number of β-amino-alcohol motifs (C(OH)–C–C–N with tert-alkyl or cyclic N) is 1. The minimum Gasteiger partial charge on any atom is -0.479 e. The Morgan fingerprint density at radius 2 is 1.73 bits per heavy atom. The second-order valence-electron chi connectivity index (χ2n) is 9.78. The van der Waals surface area contributed by atoms with Crippen LogP contribution in [0.2, 0.25) is 0 Å². The first-order chi connectivity index (χ1) is 17.2. The predicted octanol–water partition coefficient (Wildman–Crippen LogP) is 1.90. The second-order valence-corrected chi connectivity index (χ2v) is 10.6. The molecule has 11 nitrogen and oxygen atoms in total.